The average molecular weight is 493 g/mol. The Kier molecular flexibility index (Phi) is 8.00. The van der Waals surface area contributed by atoms with Gasteiger partial charge in [-0.05, 0) is 60.9 Å². The Hall–Kier alpha value is -3.31. The van der Waals surface area contributed by atoms with Crippen LogP contribution in [0.4, 0.5) is 0 Å². The Bertz CT molecular complexity index is 1150. The number of benzene rings is 2. The molecule has 0 radical (unpaired) electrons. The zero-order chi connectivity index (χ0) is 24.9. The average Bonchev–Trinajstić information content (AvgIpc) is 2.85. The van der Waals surface area contributed by atoms with Crippen LogP contribution in [0.1, 0.15) is 18.1 Å². The molecule has 1 atom stereocenters. The van der Waals surface area contributed by atoms with Gasteiger partial charge in [0.2, 0.25) is 10.0 Å². The van der Waals surface area contributed by atoms with Crippen LogP contribution in [0.5, 0.6) is 17.2 Å². The first kappa shape index (κ1) is 25.3. The molecule has 3 rings (SSSR count). The number of carbonyl (C=O) groups is 2. The highest BCUT2D eigenvalue weighted by Gasteiger charge is 2.26. The van der Waals surface area contributed by atoms with E-state index in [1.165, 1.54) is 38.3 Å². The lowest BCUT2D eigenvalue weighted by Crippen LogP contribution is -2.42. The summed E-state index contributed by atoms with van der Waals surface area (Å²) >= 11 is 0. The van der Waals surface area contributed by atoms with E-state index in [-0.39, 0.29) is 10.8 Å². The maximum absolute atomic E-state index is 12.6. The number of rotatable bonds is 9. The molecule has 0 unspecified atom stereocenters. The van der Waals surface area contributed by atoms with E-state index in [2.05, 4.69) is 4.72 Å². The van der Waals surface area contributed by atoms with Crippen molar-refractivity contribution in [1.29, 1.82) is 0 Å². The summed E-state index contributed by atoms with van der Waals surface area (Å²) in [5.41, 5.74) is 1.98. The van der Waals surface area contributed by atoms with E-state index in [0.29, 0.717) is 36.8 Å². The van der Waals surface area contributed by atoms with Crippen molar-refractivity contribution in [3.63, 3.8) is 0 Å². The number of fused-ring (bicyclic) bond motifs is 1. The van der Waals surface area contributed by atoms with Crippen LogP contribution in [0.25, 0.3) is 0 Å². The molecule has 0 bridgehead atoms. The van der Waals surface area contributed by atoms with Crippen LogP contribution in [0.3, 0.4) is 0 Å². The van der Waals surface area contributed by atoms with Gasteiger partial charge in [0.1, 0.15) is 11.8 Å². The molecule has 2 aromatic rings. The maximum atomic E-state index is 12.6. The summed E-state index contributed by atoms with van der Waals surface area (Å²) in [5, 5.41) is 0. The first-order chi connectivity index (χ1) is 16.2. The number of methoxy groups -OCH3 is 3. The monoisotopic (exact) mass is 492 g/mol. The topological polar surface area (TPSA) is 120 Å². The number of hydrogen-bond acceptors (Lipinski definition) is 8. The van der Waals surface area contributed by atoms with E-state index in [9.17, 15) is 18.0 Å². The third-order valence-corrected chi connectivity index (χ3v) is 7.02. The molecular formula is C23H28N2O8S. The molecule has 11 heteroatoms. The molecule has 0 fully saturated rings. The largest absolute Gasteiger partial charge is 0.497 e. The summed E-state index contributed by atoms with van der Waals surface area (Å²) in [6.07, 6.45) is 0.618. The molecule has 0 aliphatic carbocycles. The Morgan fingerprint density at radius 2 is 1.62 bits per heavy atom. The Balaban J connectivity index is 1.55. The van der Waals surface area contributed by atoms with Gasteiger partial charge < -0.3 is 23.8 Å². The van der Waals surface area contributed by atoms with Gasteiger partial charge in [0.05, 0.1) is 26.2 Å². The summed E-state index contributed by atoms with van der Waals surface area (Å²) in [6.45, 7) is 1.66. The summed E-state index contributed by atoms with van der Waals surface area (Å²) in [5.74, 6) is 0.470. The number of carbonyl (C=O) groups excluding carboxylic acids is 2. The first-order valence-electron chi connectivity index (χ1n) is 10.5. The number of hydrogen-bond donors (Lipinski definition) is 1. The van der Waals surface area contributed by atoms with Crippen LogP contribution in [-0.4, -0.2) is 65.7 Å². The third kappa shape index (κ3) is 5.78. The second-order valence-electron chi connectivity index (χ2n) is 7.67. The second kappa shape index (κ2) is 10.7. The maximum Gasteiger partial charge on any atom is 0.324 e. The molecule has 0 spiro atoms. The van der Waals surface area contributed by atoms with E-state index in [1.54, 1.807) is 19.1 Å². The highest BCUT2D eigenvalue weighted by atomic mass is 32.2. The lowest BCUT2D eigenvalue weighted by Gasteiger charge is -2.29. The molecule has 1 aliphatic rings. The van der Waals surface area contributed by atoms with E-state index in [4.69, 9.17) is 18.9 Å². The number of esters is 1. The standard InChI is InChI=1S/C23H28N2O8S/c1-15(24-34(28,29)19-7-5-18(30-2)6-8-19)23(27)33-14-22(26)25-10-9-16-11-20(31-3)21(32-4)12-17(16)13-25/h5-8,11-12,15,24H,9-10,13-14H2,1-4H3/t15-/m0/s1. The van der Waals surface area contributed by atoms with Crippen LogP contribution < -0.4 is 18.9 Å². The number of ether oxygens (including phenoxy) is 4. The molecular weight excluding hydrogens is 464 g/mol. The van der Waals surface area contributed by atoms with Gasteiger partial charge in [-0.2, -0.15) is 4.72 Å². The molecule has 1 heterocycles. The molecule has 1 amide bonds. The molecule has 1 N–H and O–H groups in total. The zero-order valence-corrected chi connectivity index (χ0v) is 20.3. The van der Waals surface area contributed by atoms with Gasteiger partial charge in [-0.1, -0.05) is 0 Å². The van der Waals surface area contributed by atoms with E-state index < -0.39 is 28.6 Å². The van der Waals surface area contributed by atoms with Crippen molar-refractivity contribution in [2.45, 2.75) is 30.8 Å². The summed E-state index contributed by atoms with van der Waals surface area (Å²) in [7, 11) is 0.618. The summed E-state index contributed by atoms with van der Waals surface area (Å²) < 4.78 is 48.0. The minimum atomic E-state index is -3.96. The number of sulfonamides is 1. The van der Waals surface area contributed by atoms with Crippen molar-refractivity contribution in [2.24, 2.45) is 0 Å². The van der Waals surface area contributed by atoms with Gasteiger partial charge in [0, 0.05) is 13.1 Å². The highest BCUT2D eigenvalue weighted by molar-refractivity contribution is 7.89. The Labute approximate surface area is 198 Å². The molecule has 1 aliphatic heterocycles. The minimum absolute atomic E-state index is 0.0249. The normalized spacial score (nSPS) is 14.1. The molecule has 0 aromatic heterocycles. The fourth-order valence-electron chi connectivity index (χ4n) is 3.55. The van der Waals surface area contributed by atoms with Crippen molar-refractivity contribution in [1.82, 2.24) is 9.62 Å². The quantitative estimate of drug-likeness (QED) is 0.523. The van der Waals surface area contributed by atoms with Crippen molar-refractivity contribution < 1.29 is 37.0 Å². The van der Waals surface area contributed by atoms with Crippen LogP contribution in [0.15, 0.2) is 41.3 Å². The Morgan fingerprint density at radius 3 is 2.21 bits per heavy atom. The lowest BCUT2D eigenvalue weighted by molar-refractivity contribution is -0.153. The highest BCUT2D eigenvalue weighted by Crippen LogP contribution is 2.33. The van der Waals surface area contributed by atoms with Gasteiger partial charge in [-0.25, -0.2) is 8.42 Å². The fraction of sp³-hybridized carbons (Fsp3) is 0.391. The predicted octanol–water partition coefficient (Wildman–Crippen LogP) is 1.51. The van der Waals surface area contributed by atoms with Gasteiger partial charge in [-0.15, -0.1) is 0 Å². The van der Waals surface area contributed by atoms with Crippen LogP contribution in [0, 0.1) is 0 Å². The minimum Gasteiger partial charge on any atom is -0.497 e. The summed E-state index contributed by atoms with van der Waals surface area (Å²) in [4.78, 5) is 26.5. The number of nitrogens with zero attached hydrogens (tertiary/aromatic N) is 1. The first-order valence-corrected chi connectivity index (χ1v) is 12.0. The van der Waals surface area contributed by atoms with Gasteiger partial charge >= 0.3 is 5.97 Å². The molecule has 184 valence electrons. The van der Waals surface area contributed by atoms with E-state index in [0.717, 1.165) is 11.1 Å². The van der Waals surface area contributed by atoms with Crippen LogP contribution in [0.2, 0.25) is 0 Å². The molecule has 0 saturated heterocycles. The van der Waals surface area contributed by atoms with Crippen LogP contribution in [-0.2, 0) is 37.3 Å². The van der Waals surface area contributed by atoms with Gasteiger partial charge in [0.25, 0.3) is 5.91 Å². The lowest BCUT2D eigenvalue weighted by atomic mass is 9.99. The molecule has 0 saturated carbocycles. The zero-order valence-electron chi connectivity index (χ0n) is 19.5. The van der Waals surface area contributed by atoms with Gasteiger partial charge in [0.15, 0.2) is 18.1 Å². The molecule has 2 aromatic carbocycles. The third-order valence-electron chi connectivity index (χ3n) is 5.46. The fourth-order valence-corrected chi connectivity index (χ4v) is 4.74. The van der Waals surface area contributed by atoms with Crippen molar-refractivity contribution in [3.05, 3.63) is 47.5 Å². The van der Waals surface area contributed by atoms with E-state index >= 15 is 0 Å². The smallest absolute Gasteiger partial charge is 0.324 e. The van der Waals surface area contributed by atoms with Crippen molar-refractivity contribution >= 4 is 21.9 Å². The Morgan fingerprint density at radius 1 is 1.00 bits per heavy atom. The van der Waals surface area contributed by atoms with Crippen molar-refractivity contribution in [2.75, 3.05) is 34.5 Å². The van der Waals surface area contributed by atoms with Crippen molar-refractivity contribution in [3.8, 4) is 17.2 Å². The second-order valence-corrected chi connectivity index (χ2v) is 9.38. The SMILES string of the molecule is COc1ccc(S(=O)(=O)N[C@@H](C)C(=O)OCC(=O)N2CCc3cc(OC)c(OC)cc3C2)cc1. The van der Waals surface area contributed by atoms with Gasteiger partial charge in [-0.3, -0.25) is 9.59 Å². The number of amides is 1. The molecule has 10 nitrogen and oxygen atoms in total. The number of nitrogens with one attached hydrogen (secondary N) is 1. The predicted molar refractivity (Wildman–Crippen MR) is 122 cm³/mol. The van der Waals surface area contributed by atoms with Crippen LogP contribution >= 0.6 is 0 Å². The summed E-state index contributed by atoms with van der Waals surface area (Å²) in [6, 6.07) is 8.27. The van der Waals surface area contributed by atoms with E-state index in [1.807, 2.05) is 12.1 Å². The molecule has 34 heavy (non-hydrogen) atoms.